The molecule has 1 aliphatic heterocycles. The second-order valence-corrected chi connectivity index (χ2v) is 4.26. The van der Waals surface area contributed by atoms with Crippen molar-refractivity contribution in [2.45, 2.75) is 6.17 Å². The van der Waals surface area contributed by atoms with E-state index in [0.717, 1.165) is 0 Å². The standard InChI is InChI=1S/C11H12N4O2S/c1-14-9(10(17)15(2)11(14)18)13-12-7-3-5-8(16)6-4-7/h3-6,9,16H,1-2H3. The largest absolute Gasteiger partial charge is 0.508 e. The van der Waals surface area contributed by atoms with Gasteiger partial charge in [0.1, 0.15) is 5.75 Å². The van der Waals surface area contributed by atoms with Crippen LogP contribution in [0.15, 0.2) is 34.5 Å². The molecule has 1 unspecified atom stereocenters. The SMILES string of the molecule is CN1C(=O)C(N=Nc2ccc(O)cc2)N(C)C1=S. The number of amides is 1. The van der Waals surface area contributed by atoms with Crippen molar-refractivity contribution in [1.82, 2.24) is 9.80 Å². The smallest absolute Gasteiger partial charge is 0.275 e. The predicted molar refractivity (Wildman–Crippen MR) is 69.5 cm³/mol. The lowest BCUT2D eigenvalue weighted by Crippen LogP contribution is -2.28. The maximum atomic E-state index is 11.8. The minimum Gasteiger partial charge on any atom is -0.508 e. The summed E-state index contributed by atoms with van der Waals surface area (Å²) in [6.07, 6.45) is -0.712. The van der Waals surface area contributed by atoms with Crippen molar-refractivity contribution in [3.05, 3.63) is 24.3 Å². The summed E-state index contributed by atoms with van der Waals surface area (Å²) >= 11 is 5.06. The molecule has 0 aromatic heterocycles. The minimum absolute atomic E-state index is 0.156. The van der Waals surface area contributed by atoms with Gasteiger partial charge in [-0.3, -0.25) is 9.69 Å². The van der Waals surface area contributed by atoms with Gasteiger partial charge in [-0.15, -0.1) is 0 Å². The van der Waals surface area contributed by atoms with Gasteiger partial charge in [-0.1, -0.05) is 0 Å². The number of hydrogen-bond donors (Lipinski definition) is 1. The fourth-order valence-electron chi connectivity index (χ4n) is 1.54. The molecule has 1 amide bonds. The average molecular weight is 264 g/mol. The molecule has 1 N–H and O–H groups in total. The van der Waals surface area contributed by atoms with Crippen molar-refractivity contribution in [2.75, 3.05) is 14.1 Å². The highest BCUT2D eigenvalue weighted by molar-refractivity contribution is 7.80. The molecule has 0 radical (unpaired) electrons. The van der Waals surface area contributed by atoms with Gasteiger partial charge in [-0.25, -0.2) is 0 Å². The fourth-order valence-corrected chi connectivity index (χ4v) is 1.73. The third-order valence-corrected chi connectivity index (χ3v) is 3.20. The van der Waals surface area contributed by atoms with E-state index in [-0.39, 0.29) is 11.7 Å². The van der Waals surface area contributed by atoms with E-state index in [0.29, 0.717) is 10.8 Å². The predicted octanol–water partition coefficient (Wildman–Crippen LogP) is 1.49. The minimum atomic E-state index is -0.712. The number of thiocarbonyl (C=S) groups is 1. The molecule has 2 rings (SSSR count). The number of phenolic OH excluding ortho intramolecular Hbond substituents is 1. The molecule has 7 heteroatoms. The van der Waals surface area contributed by atoms with Crippen LogP contribution in [0, 0.1) is 0 Å². The molecule has 18 heavy (non-hydrogen) atoms. The van der Waals surface area contributed by atoms with Gasteiger partial charge < -0.3 is 10.0 Å². The summed E-state index contributed by atoms with van der Waals surface area (Å²) < 4.78 is 0. The summed E-state index contributed by atoms with van der Waals surface area (Å²) in [7, 11) is 3.31. The lowest BCUT2D eigenvalue weighted by molar-refractivity contribution is -0.127. The lowest BCUT2D eigenvalue weighted by atomic mass is 10.3. The van der Waals surface area contributed by atoms with E-state index < -0.39 is 6.17 Å². The molecule has 1 aliphatic rings. The van der Waals surface area contributed by atoms with E-state index in [2.05, 4.69) is 10.2 Å². The number of benzene rings is 1. The maximum Gasteiger partial charge on any atom is 0.275 e. The van der Waals surface area contributed by atoms with E-state index in [9.17, 15) is 4.79 Å². The van der Waals surface area contributed by atoms with E-state index >= 15 is 0 Å². The number of hydrogen-bond acceptors (Lipinski definition) is 5. The molecule has 1 saturated heterocycles. The summed E-state index contributed by atoms with van der Waals surface area (Å²) in [6.45, 7) is 0. The number of carbonyl (C=O) groups is 1. The number of azo groups is 1. The van der Waals surface area contributed by atoms with Crippen LogP contribution in [0.3, 0.4) is 0 Å². The highest BCUT2D eigenvalue weighted by Gasteiger charge is 2.38. The van der Waals surface area contributed by atoms with Gasteiger partial charge in [-0.05, 0) is 36.5 Å². The topological polar surface area (TPSA) is 68.5 Å². The van der Waals surface area contributed by atoms with Crippen molar-refractivity contribution >= 4 is 28.9 Å². The summed E-state index contributed by atoms with van der Waals surface area (Å²) in [4.78, 5) is 14.8. The Morgan fingerprint density at radius 3 is 2.39 bits per heavy atom. The molecule has 1 aromatic rings. The van der Waals surface area contributed by atoms with Gasteiger partial charge in [0, 0.05) is 14.1 Å². The third-order valence-electron chi connectivity index (χ3n) is 2.64. The Balaban J connectivity index is 2.16. The molecule has 0 bridgehead atoms. The molecule has 1 fully saturated rings. The van der Waals surface area contributed by atoms with Crippen molar-refractivity contribution in [2.24, 2.45) is 10.2 Å². The summed E-state index contributed by atoms with van der Waals surface area (Å²) in [5.41, 5.74) is 0.564. The molecule has 1 atom stereocenters. The molecule has 94 valence electrons. The fraction of sp³-hybridized carbons (Fsp3) is 0.273. The number of phenols is 1. The van der Waals surface area contributed by atoms with E-state index in [1.807, 2.05) is 0 Å². The van der Waals surface area contributed by atoms with Crippen LogP contribution in [0.5, 0.6) is 5.75 Å². The molecular weight excluding hydrogens is 252 g/mol. The van der Waals surface area contributed by atoms with E-state index in [1.54, 1.807) is 31.1 Å². The summed E-state index contributed by atoms with van der Waals surface area (Å²) in [5.74, 6) is -0.0473. The van der Waals surface area contributed by atoms with Gasteiger partial charge in [0.25, 0.3) is 5.91 Å². The molecule has 1 aromatic carbocycles. The first-order valence-corrected chi connectivity index (χ1v) is 5.66. The Hall–Kier alpha value is -2.02. The van der Waals surface area contributed by atoms with Gasteiger partial charge in [-0.2, -0.15) is 10.2 Å². The number of rotatable bonds is 2. The second kappa shape index (κ2) is 4.69. The van der Waals surface area contributed by atoms with Gasteiger partial charge in [0.15, 0.2) is 5.11 Å². The molecular formula is C11H12N4O2S. The zero-order valence-electron chi connectivity index (χ0n) is 9.94. The second-order valence-electron chi connectivity index (χ2n) is 3.90. The molecule has 0 spiro atoms. The molecule has 6 nitrogen and oxygen atoms in total. The highest BCUT2D eigenvalue weighted by Crippen LogP contribution is 2.20. The van der Waals surface area contributed by atoms with Gasteiger partial charge in [0.2, 0.25) is 6.17 Å². The Bertz CT molecular complexity index is 514. The van der Waals surface area contributed by atoms with Crippen LogP contribution in [0.4, 0.5) is 5.69 Å². The Kier molecular flexibility index (Phi) is 3.24. The van der Waals surface area contributed by atoms with Crippen LogP contribution in [-0.4, -0.2) is 46.2 Å². The first-order valence-electron chi connectivity index (χ1n) is 5.25. The number of carbonyl (C=O) groups excluding carboxylic acids is 1. The van der Waals surface area contributed by atoms with E-state index in [4.69, 9.17) is 17.3 Å². The van der Waals surface area contributed by atoms with Crippen LogP contribution in [0.1, 0.15) is 0 Å². The molecule has 0 saturated carbocycles. The van der Waals surface area contributed by atoms with Crippen LogP contribution < -0.4 is 0 Å². The zero-order chi connectivity index (χ0) is 13.3. The maximum absolute atomic E-state index is 11.8. The van der Waals surface area contributed by atoms with Crippen molar-refractivity contribution in [3.63, 3.8) is 0 Å². The average Bonchev–Trinajstić information content (AvgIpc) is 2.54. The molecule has 0 aliphatic carbocycles. The monoisotopic (exact) mass is 264 g/mol. The lowest BCUT2D eigenvalue weighted by Gasteiger charge is -2.12. The Labute approximate surface area is 110 Å². The van der Waals surface area contributed by atoms with Crippen molar-refractivity contribution in [3.8, 4) is 5.75 Å². The summed E-state index contributed by atoms with van der Waals surface area (Å²) in [5, 5.41) is 17.5. The number of nitrogens with zero attached hydrogens (tertiary/aromatic N) is 4. The van der Waals surface area contributed by atoms with Gasteiger partial charge in [0.05, 0.1) is 5.69 Å². The molecule has 1 heterocycles. The summed E-state index contributed by atoms with van der Waals surface area (Å²) in [6, 6.07) is 6.23. The first-order chi connectivity index (χ1) is 8.50. The number of aromatic hydroxyl groups is 1. The number of likely N-dealkylation sites (N-methyl/N-ethyl adjacent to an activating group) is 2. The van der Waals surface area contributed by atoms with Crippen LogP contribution in [-0.2, 0) is 4.79 Å². The van der Waals surface area contributed by atoms with Gasteiger partial charge >= 0.3 is 0 Å². The Morgan fingerprint density at radius 2 is 1.89 bits per heavy atom. The highest BCUT2D eigenvalue weighted by atomic mass is 32.1. The normalized spacial score (nSPS) is 20.2. The van der Waals surface area contributed by atoms with Crippen molar-refractivity contribution < 1.29 is 9.90 Å². The van der Waals surface area contributed by atoms with E-state index in [1.165, 1.54) is 17.0 Å². The Morgan fingerprint density at radius 1 is 1.28 bits per heavy atom. The van der Waals surface area contributed by atoms with Crippen LogP contribution >= 0.6 is 12.2 Å². The quantitative estimate of drug-likeness (QED) is 0.649. The third kappa shape index (κ3) is 2.17. The van der Waals surface area contributed by atoms with Crippen molar-refractivity contribution in [1.29, 1.82) is 0 Å². The van der Waals surface area contributed by atoms with Crippen LogP contribution in [0.25, 0.3) is 0 Å². The first kappa shape index (κ1) is 12.4. The van der Waals surface area contributed by atoms with Crippen LogP contribution in [0.2, 0.25) is 0 Å². The zero-order valence-corrected chi connectivity index (χ0v) is 10.8.